The van der Waals surface area contributed by atoms with Gasteiger partial charge in [0.1, 0.15) is 0 Å². The maximum Gasteiger partial charge on any atom is 0.328 e. The summed E-state index contributed by atoms with van der Waals surface area (Å²) in [4.78, 5) is 0. The van der Waals surface area contributed by atoms with Gasteiger partial charge in [0.2, 0.25) is 0 Å². The molecule has 2 nitrogen and oxygen atoms in total. The number of hydrogen-bond acceptors (Lipinski definition) is 2. The minimum absolute atomic E-state index is 0.491. The Morgan fingerprint density at radius 3 is 2.43 bits per heavy atom. The first-order chi connectivity index (χ1) is 6.79. The van der Waals surface area contributed by atoms with Gasteiger partial charge in [-0.2, -0.15) is 0 Å². The Morgan fingerprint density at radius 2 is 2.00 bits per heavy atom. The monoisotopic (exact) mass is 212 g/mol. The fraction of sp³-hybridized carbons (Fsp3) is 0.636. The standard InChI is InChI=1S/C11H20O2Si/c1-4-12-14(13-5-2)10(3)11-8-6-7-9-11/h6-8,10,14H,4-5,9H2,1-3H3. The summed E-state index contributed by atoms with van der Waals surface area (Å²) in [7, 11) is -1.49. The van der Waals surface area contributed by atoms with Gasteiger partial charge in [-0.1, -0.05) is 30.7 Å². The second kappa shape index (κ2) is 6.17. The van der Waals surface area contributed by atoms with Crippen LogP contribution in [0.15, 0.2) is 23.8 Å². The molecule has 0 heterocycles. The van der Waals surface area contributed by atoms with Gasteiger partial charge in [-0.3, -0.25) is 0 Å². The Hall–Kier alpha value is -0.383. The van der Waals surface area contributed by atoms with Crippen molar-refractivity contribution in [1.82, 2.24) is 0 Å². The molecule has 1 aliphatic carbocycles. The predicted octanol–water partition coefficient (Wildman–Crippen LogP) is 2.56. The molecule has 3 heteroatoms. The van der Waals surface area contributed by atoms with Crippen molar-refractivity contribution in [3.05, 3.63) is 23.8 Å². The van der Waals surface area contributed by atoms with Crippen LogP contribution in [0.25, 0.3) is 0 Å². The molecule has 0 aliphatic heterocycles. The maximum absolute atomic E-state index is 5.70. The quantitative estimate of drug-likeness (QED) is 0.630. The third kappa shape index (κ3) is 3.08. The molecule has 0 N–H and O–H groups in total. The summed E-state index contributed by atoms with van der Waals surface area (Å²) in [6, 6.07) is 0. The molecule has 1 rings (SSSR count). The van der Waals surface area contributed by atoms with Gasteiger partial charge in [0.15, 0.2) is 0 Å². The number of allylic oxidation sites excluding steroid dienone is 4. The highest BCUT2D eigenvalue weighted by atomic mass is 28.3. The van der Waals surface area contributed by atoms with Crippen molar-refractivity contribution < 1.29 is 8.85 Å². The van der Waals surface area contributed by atoms with E-state index in [2.05, 4.69) is 25.2 Å². The van der Waals surface area contributed by atoms with E-state index in [1.807, 2.05) is 13.8 Å². The van der Waals surface area contributed by atoms with Crippen LogP contribution in [0.2, 0.25) is 5.54 Å². The Balaban J connectivity index is 2.49. The van der Waals surface area contributed by atoms with Gasteiger partial charge in [0.05, 0.1) is 0 Å². The van der Waals surface area contributed by atoms with E-state index in [0.717, 1.165) is 19.6 Å². The van der Waals surface area contributed by atoms with E-state index in [0.29, 0.717) is 5.54 Å². The van der Waals surface area contributed by atoms with Gasteiger partial charge in [0, 0.05) is 18.8 Å². The van der Waals surface area contributed by atoms with Crippen molar-refractivity contribution in [2.45, 2.75) is 32.7 Å². The van der Waals surface area contributed by atoms with Crippen LogP contribution in [0.4, 0.5) is 0 Å². The molecule has 1 aliphatic rings. The first-order valence-corrected chi connectivity index (χ1v) is 6.99. The third-order valence-electron chi connectivity index (χ3n) is 2.45. The lowest BCUT2D eigenvalue weighted by molar-refractivity contribution is 0.208. The molecule has 0 fully saturated rings. The second-order valence-electron chi connectivity index (χ2n) is 3.44. The largest absolute Gasteiger partial charge is 0.396 e. The highest BCUT2D eigenvalue weighted by Crippen LogP contribution is 2.28. The summed E-state index contributed by atoms with van der Waals surface area (Å²) in [6.45, 7) is 7.82. The van der Waals surface area contributed by atoms with E-state index < -0.39 is 9.28 Å². The molecule has 0 saturated carbocycles. The lowest BCUT2D eigenvalue weighted by atomic mass is 10.2. The number of rotatable bonds is 6. The van der Waals surface area contributed by atoms with Crippen LogP contribution in [0.5, 0.6) is 0 Å². The highest BCUT2D eigenvalue weighted by Gasteiger charge is 2.24. The van der Waals surface area contributed by atoms with Crippen LogP contribution in [-0.2, 0) is 8.85 Å². The Morgan fingerprint density at radius 1 is 1.36 bits per heavy atom. The average molecular weight is 212 g/mol. The summed E-state index contributed by atoms with van der Waals surface area (Å²) in [6.07, 6.45) is 7.58. The molecule has 0 bridgehead atoms. The normalized spacial score (nSPS) is 17.6. The summed E-state index contributed by atoms with van der Waals surface area (Å²) in [5.74, 6) is 0. The van der Waals surface area contributed by atoms with Gasteiger partial charge < -0.3 is 8.85 Å². The minimum atomic E-state index is -1.49. The van der Waals surface area contributed by atoms with Crippen LogP contribution < -0.4 is 0 Å². The van der Waals surface area contributed by atoms with Crippen LogP contribution >= 0.6 is 0 Å². The van der Waals surface area contributed by atoms with E-state index in [1.54, 1.807) is 0 Å². The number of hydrogen-bond donors (Lipinski definition) is 0. The molecule has 1 unspecified atom stereocenters. The minimum Gasteiger partial charge on any atom is -0.396 e. The molecule has 0 spiro atoms. The molecule has 80 valence electrons. The Labute approximate surface area is 88.5 Å². The Bertz CT molecular complexity index is 217. The maximum atomic E-state index is 5.70. The van der Waals surface area contributed by atoms with Gasteiger partial charge in [-0.05, 0) is 20.3 Å². The molecule has 1 atom stereocenters. The molecule has 0 amide bonds. The van der Waals surface area contributed by atoms with Gasteiger partial charge in [0.25, 0.3) is 0 Å². The van der Waals surface area contributed by atoms with E-state index in [4.69, 9.17) is 8.85 Å². The molecule has 0 aromatic carbocycles. The molecule has 0 radical (unpaired) electrons. The van der Waals surface area contributed by atoms with Gasteiger partial charge >= 0.3 is 9.28 Å². The summed E-state index contributed by atoms with van der Waals surface area (Å²) < 4.78 is 11.4. The predicted molar refractivity (Wildman–Crippen MR) is 61.7 cm³/mol. The first kappa shape index (κ1) is 11.7. The molecular weight excluding hydrogens is 192 g/mol. The van der Waals surface area contributed by atoms with E-state index in [-0.39, 0.29) is 0 Å². The summed E-state index contributed by atoms with van der Waals surface area (Å²) in [5.41, 5.74) is 1.95. The smallest absolute Gasteiger partial charge is 0.328 e. The fourth-order valence-corrected chi connectivity index (χ4v) is 3.57. The van der Waals surface area contributed by atoms with Crippen molar-refractivity contribution in [1.29, 1.82) is 0 Å². The molecular formula is C11H20O2Si. The third-order valence-corrected chi connectivity index (χ3v) is 5.02. The Kier molecular flexibility index (Phi) is 5.15. The fourth-order valence-electron chi connectivity index (χ4n) is 1.64. The highest BCUT2D eigenvalue weighted by molar-refractivity contribution is 6.47. The van der Waals surface area contributed by atoms with Gasteiger partial charge in [-0.15, -0.1) is 0 Å². The van der Waals surface area contributed by atoms with Crippen LogP contribution in [0.3, 0.4) is 0 Å². The van der Waals surface area contributed by atoms with Gasteiger partial charge in [-0.25, -0.2) is 0 Å². The van der Waals surface area contributed by atoms with Crippen molar-refractivity contribution >= 4 is 9.28 Å². The van der Waals surface area contributed by atoms with Crippen molar-refractivity contribution in [2.75, 3.05) is 13.2 Å². The summed E-state index contributed by atoms with van der Waals surface area (Å²) in [5, 5.41) is 0. The van der Waals surface area contributed by atoms with E-state index in [1.165, 1.54) is 5.57 Å². The average Bonchev–Trinajstić information content (AvgIpc) is 2.69. The summed E-state index contributed by atoms with van der Waals surface area (Å²) >= 11 is 0. The zero-order valence-corrected chi connectivity index (χ0v) is 10.5. The molecule has 14 heavy (non-hydrogen) atoms. The van der Waals surface area contributed by atoms with Crippen LogP contribution in [0, 0.1) is 0 Å². The topological polar surface area (TPSA) is 18.5 Å². The molecule has 0 aromatic rings. The molecule has 0 saturated heterocycles. The zero-order valence-electron chi connectivity index (χ0n) is 9.32. The van der Waals surface area contributed by atoms with Crippen molar-refractivity contribution in [2.24, 2.45) is 0 Å². The first-order valence-electron chi connectivity index (χ1n) is 5.38. The van der Waals surface area contributed by atoms with Crippen LogP contribution in [-0.4, -0.2) is 22.5 Å². The van der Waals surface area contributed by atoms with E-state index >= 15 is 0 Å². The van der Waals surface area contributed by atoms with Crippen molar-refractivity contribution in [3.63, 3.8) is 0 Å². The SMILES string of the molecule is CCO[SiH](OCC)C(C)C1=CC=CC1. The lowest BCUT2D eigenvalue weighted by Crippen LogP contribution is -2.28. The lowest BCUT2D eigenvalue weighted by Gasteiger charge is -2.22. The zero-order chi connectivity index (χ0) is 10.4. The van der Waals surface area contributed by atoms with Crippen molar-refractivity contribution in [3.8, 4) is 0 Å². The second-order valence-corrected chi connectivity index (χ2v) is 5.85. The van der Waals surface area contributed by atoms with E-state index in [9.17, 15) is 0 Å². The molecule has 0 aromatic heterocycles. The van der Waals surface area contributed by atoms with Crippen LogP contribution in [0.1, 0.15) is 27.2 Å².